The SMILES string of the molecule is C=C1CN(C)N(C(=O)Cc2ccc(F)cc2)C1.CN1CC(=O)CN1C(=O)Cc1ccc(F)cc1. The predicted molar refractivity (Wildman–Crippen MR) is 123 cm³/mol. The quantitative estimate of drug-likeness (QED) is 0.642. The Labute approximate surface area is 197 Å². The molecule has 2 amide bonds. The average Bonchev–Trinajstić information content (AvgIpc) is 3.31. The third-order valence-corrected chi connectivity index (χ3v) is 5.49. The fourth-order valence-electron chi connectivity index (χ4n) is 3.76. The van der Waals surface area contributed by atoms with Crippen LogP contribution < -0.4 is 0 Å². The van der Waals surface area contributed by atoms with Gasteiger partial charge in [-0.1, -0.05) is 30.8 Å². The van der Waals surface area contributed by atoms with Crippen LogP contribution in [0.2, 0.25) is 0 Å². The first kappa shape index (κ1) is 25.2. The summed E-state index contributed by atoms with van der Waals surface area (Å²) in [4.78, 5) is 35.1. The summed E-state index contributed by atoms with van der Waals surface area (Å²) < 4.78 is 25.4. The molecule has 0 aliphatic carbocycles. The van der Waals surface area contributed by atoms with Crippen LogP contribution >= 0.6 is 0 Å². The van der Waals surface area contributed by atoms with Crippen molar-refractivity contribution in [3.63, 3.8) is 0 Å². The molecule has 2 aromatic rings. The van der Waals surface area contributed by atoms with Gasteiger partial charge in [-0.05, 0) is 41.0 Å². The summed E-state index contributed by atoms with van der Waals surface area (Å²) in [6.45, 7) is 5.58. The second-order valence-electron chi connectivity index (χ2n) is 8.43. The van der Waals surface area contributed by atoms with E-state index in [4.69, 9.17) is 0 Å². The van der Waals surface area contributed by atoms with Gasteiger partial charge < -0.3 is 0 Å². The van der Waals surface area contributed by atoms with Crippen LogP contribution in [-0.4, -0.2) is 77.9 Å². The van der Waals surface area contributed by atoms with Crippen molar-refractivity contribution in [1.29, 1.82) is 0 Å². The number of rotatable bonds is 4. The van der Waals surface area contributed by atoms with Gasteiger partial charge in [0.1, 0.15) is 11.6 Å². The molecule has 2 aliphatic rings. The lowest BCUT2D eigenvalue weighted by molar-refractivity contribution is -0.141. The molecule has 2 aliphatic heterocycles. The van der Waals surface area contributed by atoms with Crippen LogP contribution in [0.5, 0.6) is 0 Å². The van der Waals surface area contributed by atoms with Crippen molar-refractivity contribution < 1.29 is 23.2 Å². The first-order chi connectivity index (χ1) is 16.1. The van der Waals surface area contributed by atoms with Gasteiger partial charge in [-0.15, -0.1) is 0 Å². The van der Waals surface area contributed by atoms with Gasteiger partial charge in [0, 0.05) is 20.6 Å². The minimum absolute atomic E-state index is 0.0118. The Hall–Kier alpha value is -3.43. The zero-order valence-electron chi connectivity index (χ0n) is 19.3. The highest BCUT2D eigenvalue weighted by atomic mass is 19.1. The summed E-state index contributed by atoms with van der Waals surface area (Å²) in [7, 11) is 3.56. The molecule has 180 valence electrons. The normalized spacial score (nSPS) is 16.6. The van der Waals surface area contributed by atoms with E-state index in [0.29, 0.717) is 6.54 Å². The van der Waals surface area contributed by atoms with Crippen LogP contribution in [0.15, 0.2) is 60.7 Å². The summed E-state index contributed by atoms with van der Waals surface area (Å²) in [6.07, 6.45) is 0.468. The van der Waals surface area contributed by atoms with Crippen LogP contribution in [0.1, 0.15) is 11.1 Å². The third-order valence-electron chi connectivity index (χ3n) is 5.49. The molecule has 2 heterocycles. The predicted octanol–water partition coefficient (Wildman–Crippen LogP) is 2.24. The zero-order chi connectivity index (χ0) is 24.8. The average molecular weight is 471 g/mol. The number of amides is 2. The highest BCUT2D eigenvalue weighted by molar-refractivity contribution is 5.90. The Balaban J connectivity index is 0.000000191. The molecule has 7 nitrogen and oxygen atoms in total. The van der Waals surface area contributed by atoms with Gasteiger partial charge in [0.2, 0.25) is 11.8 Å². The second kappa shape index (κ2) is 11.1. The Kier molecular flexibility index (Phi) is 8.25. The topological polar surface area (TPSA) is 64.2 Å². The van der Waals surface area contributed by atoms with Crippen molar-refractivity contribution in [2.45, 2.75) is 12.8 Å². The molecule has 0 atom stereocenters. The molecule has 0 saturated carbocycles. The van der Waals surface area contributed by atoms with Crippen LogP contribution in [-0.2, 0) is 27.2 Å². The van der Waals surface area contributed by atoms with E-state index in [1.54, 1.807) is 41.3 Å². The Morgan fingerprint density at radius 1 is 0.735 bits per heavy atom. The molecule has 0 aromatic heterocycles. The first-order valence-electron chi connectivity index (χ1n) is 10.8. The van der Waals surface area contributed by atoms with Crippen molar-refractivity contribution in [3.8, 4) is 0 Å². The van der Waals surface area contributed by atoms with Gasteiger partial charge in [0.05, 0.1) is 32.5 Å². The van der Waals surface area contributed by atoms with E-state index in [1.165, 1.54) is 29.3 Å². The standard InChI is InChI=1S/C13H15FN2O.C12H13FN2O2/c1-10-8-15(2)16(9-10)13(17)7-11-3-5-12(14)6-4-11;1-14-7-11(16)8-15(14)12(17)6-9-2-4-10(13)5-3-9/h3-6H,1,7-9H2,2H3;2-5H,6-8H2,1H3. The molecule has 9 heteroatoms. The fourth-order valence-corrected chi connectivity index (χ4v) is 3.76. The summed E-state index contributed by atoms with van der Waals surface area (Å²) in [5.41, 5.74) is 2.59. The Morgan fingerprint density at radius 3 is 1.50 bits per heavy atom. The van der Waals surface area contributed by atoms with Crippen molar-refractivity contribution in [2.24, 2.45) is 0 Å². The molecular formula is C25H28F2N4O3. The van der Waals surface area contributed by atoms with Crippen LogP contribution in [0.4, 0.5) is 8.78 Å². The van der Waals surface area contributed by atoms with E-state index < -0.39 is 0 Å². The summed E-state index contributed by atoms with van der Waals surface area (Å²) in [5.74, 6) is -0.717. The number of likely N-dealkylation sites (N-methyl/N-ethyl adjacent to an activating group) is 2. The summed E-state index contributed by atoms with van der Waals surface area (Å²) in [6, 6.07) is 11.8. The molecule has 2 fully saturated rings. The molecule has 0 unspecified atom stereocenters. The number of Topliss-reactive ketones (excluding diaryl/α,β-unsaturated/α-hetero) is 1. The van der Waals surface area contributed by atoms with Crippen LogP contribution in [0.25, 0.3) is 0 Å². The van der Waals surface area contributed by atoms with E-state index in [-0.39, 0.29) is 55.2 Å². The molecule has 2 aromatic carbocycles. The maximum atomic E-state index is 12.7. The zero-order valence-corrected chi connectivity index (χ0v) is 19.3. The number of halogens is 2. The van der Waals surface area contributed by atoms with E-state index in [0.717, 1.165) is 23.2 Å². The van der Waals surface area contributed by atoms with Crippen molar-refractivity contribution in [2.75, 3.05) is 40.3 Å². The lowest BCUT2D eigenvalue weighted by atomic mass is 10.1. The largest absolute Gasteiger partial charge is 0.296 e. The lowest BCUT2D eigenvalue weighted by Crippen LogP contribution is -2.39. The molecule has 2 saturated heterocycles. The maximum absolute atomic E-state index is 12.7. The number of carbonyl (C=O) groups excluding carboxylic acids is 3. The van der Waals surface area contributed by atoms with E-state index in [1.807, 2.05) is 12.1 Å². The molecule has 0 N–H and O–H groups in total. The fraction of sp³-hybridized carbons (Fsp3) is 0.320. The first-order valence-corrected chi connectivity index (χ1v) is 10.8. The van der Waals surface area contributed by atoms with Gasteiger partial charge in [0.25, 0.3) is 0 Å². The van der Waals surface area contributed by atoms with E-state index in [9.17, 15) is 23.2 Å². The highest BCUT2D eigenvalue weighted by Crippen LogP contribution is 2.14. The van der Waals surface area contributed by atoms with Gasteiger partial charge in [-0.25, -0.2) is 18.8 Å². The van der Waals surface area contributed by atoms with Gasteiger partial charge in [0.15, 0.2) is 5.78 Å². The number of hydrogen-bond acceptors (Lipinski definition) is 5. The highest BCUT2D eigenvalue weighted by Gasteiger charge is 2.29. The lowest BCUT2D eigenvalue weighted by Gasteiger charge is -2.23. The summed E-state index contributed by atoms with van der Waals surface area (Å²) in [5, 5.41) is 6.56. The Bertz CT molecular complexity index is 971. The smallest absolute Gasteiger partial charge is 0.241 e. The van der Waals surface area contributed by atoms with Crippen molar-refractivity contribution >= 4 is 17.6 Å². The number of ketones is 1. The monoisotopic (exact) mass is 470 g/mol. The number of benzene rings is 2. The molecule has 0 bridgehead atoms. The van der Waals surface area contributed by atoms with Crippen LogP contribution in [0, 0.1) is 11.6 Å². The molecule has 34 heavy (non-hydrogen) atoms. The van der Waals surface area contributed by atoms with E-state index >= 15 is 0 Å². The number of carbonyl (C=O) groups is 3. The molecule has 0 spiro atoms. The van der Waals surface area contributed by atoms with Gasteiger partial charge in [-0.3, -0.25) is 24.4 Å². The van der Waals surface area contributed by atoms with Crippen molar-refractivity contribution in [1.82, 2.24) is 20.0 Å². The summed E-state index contributed by atoms with van der Waals surface area (Å²) >= 11 is 0. The molecular weight excluding hydrogens is 442 g/mol. The number of nitrogens with zero attached hydrogens (tertiary/aromatic N) is 4. The second-order valence-corrected chi connectivity index (χ2v) is 8.43. The third kappa shape index (κ3) is 6.79. The van der Waals surface area contributed by atoms with Crippen LogP contribution in [0.3, 0.4) is 0 Å². The minimum Gasteiger partial charge on any atom is -0.296 e. The minimum atomic E-state index is -0.324. The maximum Gasteiger partial charge on any atom is 0.241 e. The van der Waals surface area contributed by atoms with E-state index in [2.05, 4.69) is 6.58 Å². The Morgan fingerprint density at radius 2 is 1.15 bits per heavy atom. The molecule has 0 radical (unpaired) electrons. The number of hydrogen-bond donors (Lipinski definition) is 0. The van der Waals surface area contributed by atoms with Crippen molar-refractivity contribution in [3.05, 3.63) is 83.4 Å². The molecule has 4 rings (SSSR count). The van der Waals surface area contributed by atoms with Gasteiger partial charge >= 0.3 is 0 Å². The van der Waals surface area contributed by atoms with Gasteiger partial charge in [-0.2, -0.15) is 0 Å². The number of hydrazine groups is 2.